The van der Waals surface area contributed by atoms with E-state index in [1.807, 2.05) is 0 Å². The average Bonchev–Trinajstić information content (AvgIpc) is 2.93. The van der Waals surface area contributed by atoms with Crippen molar-refractivity contribution in [2.45, 2.75) is 109 Å². The van der Waals surface area contributed by atoms with Crippen LogP contribution in [0.4, 0.5) is 0 Å². The molecule has 0 spiro atoms. The van der Waals surface area contributed by atoms with Gasteiger partial charge in [-0.05, 0) is 32.1 Å². The van der Waals surface area contributed by atoms with E-state index in [0.717, 1.165) is 19.3 Å². The van der Waals surface area contributed by atoms with E-state index >= 15 is 0 Å². The number of carbonyl (C=O) groups excluding carboxylic acids is 1. The lowest BCUT2D eigenvalue weighted by Gasteiger charge is -2.10. The molecule has 0 aromatic rings. The van der Waals surface area contributed by atoms with Gasteiger partial charge in [0.15, 0.2) is 0 Å². The second-order valence-electron chi connectivity index (χ2n) is 6.33. The van der Waals surface area contributed by atoms with Gasteiger partial charge in [0.05, 0.1) is 0 Å². The molecular formula is C18H34O2. The molecule has 1 saturated carbocycles. The van der Waals surface area contributed by atoms with Crippen molar-refractivity contribution < 1.29 is 9.53 Å². The quantitative estimate of drug-likeness (QED) is 0.335. The number of unbranched alkanes of at least 4 members (excludes halogenated alkanes) is 9. The molecule has 0 radical (unpaired) electrons. The third kappa shape index (κ3) is 9.39. The molecule has 1 aliphatic rings. The predicted molar refractivity (Wildman–Crippen MR) is 84.8 cm³/mol. The Labute approximate surface area is 125 Å². The molecule has 1 rings (SSSR count). The Hall–Kier alpha value is -0.530. The van der Waals surface area contributed by atoms with Crippen molar-refractivity contribution in [2.24, 2.45) is 0 Å². The Bertz CT molecular complexity index is 232. The Morgan fingerprint density at radius 2 is 1.35 bits per heavy atom. The summed E-state index contributed by atoms with van der Waals surface area (Å²) in [5.74, 6) is 0.0384. The first-order valence-electron chi connectivity index (χ1n) is 9.02. The fourth-order valence-electron chi connectivity index (χ4n) is 3.01. The van der Waals surface area contributed by atoms with Gasteiger partial charge in [0.1, 0.15) is 6.10 Å². The lowest BCUT2D eigenvalue weighted by molar-refractivity contribution is -0.148. The van der Waals surface area contributed by atoms with Gasteiger partial charge in [0.25, 0.3) is 0 Å². The zero-order valence-corrected chi connectivity index (χ0v) is 13.5. The topological polar surface area (TPSA) is 26.3 Å². The lowest BCUT2D eigenvalue weighted by atomic mass is 10.1. The van der Waals surface area contributed by atoms with Gasteiger partial charge < -0.3 is 4.74 Å². The summed E-state index contributed by atoms with van der Waals surface area (Å²) in [7, 11) is 0. The molecule has 0 aromatic heterocycles. The molecule has 1 aliphatic carbocycles. The van der Waals surface area contributed by atoms with E-state index in [4.69, 9.17) is 4.74 Å². The Morgan fingerprint density at radius 3 is 1.90 bits per heavy atom. The van der Waals surface area contributed by atoms with Crippen LogP contribution >= 0.6 is 0 Å². The van der Waals surface area contributed by atoms with Gasteiger partial charge in [-0.2, -0.15) is 0 Å². The molecule has 0 heterocycles. The van der Waals surface area contributed by atoms with Gasteiger partial charge in [-0.3, -0.25) is 4.79 Å². The highest BCUT2D eigenvalue weighted by Crippen LogP contribution is 2.21. The number of ether oxygens (including phenoxy) is 1. The summed E-state index contributed by atoms with van der Waals surface area (Å²) in [4.78, 5) is 11.6. The van der Waals surface area contributed by atoms with E-state index in [9.17, 15) is 4.79 Å². The van der Waals surface area contributed by atoms with E-state index < -0.39 is 0 Å². The van der Waals surface area contributed by atoms with E-state index in [0.29, 0.717) is 6.42 Å². The molecule has 0 unspecified atom stereocenters. The molecule has 0 aliphatic heterocycles. The van der Waals surface area contributed by atoms with Crippen LogP contribution < -0.4 is 0 Å². The number of hydrogen-bond donors (Lipinski definition) is 0. The van der Waals surface area contributed by atoms with Gasteiger partial charge in [0, 0.05) is 6.42 Å². The van der Waals surface area contributed by atoms with Crippen LogP contribution in [0.25, 0.3) is 0 Å². The highest BCUT2D eigenvalue weighted by molar-refractivity contribution is 5.69. The SMILES string of the molecule is CCCCCCCCCCCCC(=O)OC1CCCC1. The van der Waals surface area contributed by atoms with Crippen molar-refractivity contribution >= 4 is 5.97 Å². The zero-order chi connectivity index (χ0) is 14.5. The second-order valence-corrected chi connectivity index (χ2v) is 6.33. The van der Waals surface area contributed by atoms with Crippen molar-refractivity contribution in [3.05, 3.63) is 0 Å². The summed E-state index contributed by atoms with van der Waals surface area (Å²) in [6, 6.07) is 0. The maximum Gasteiger partial charge on any atom is 0.306 e. The summed E-state index contributed by atoms with van der Waals surface area (Å²) >= 11 is 0. The van der Waals surface area contributed by atoms with Crippen LogP contribution in [0.5, 0.6) is 0 Å². The molecule has 0 bridgehead atoms. The van der Waals surface area contributed by atoms with Gasteiger partial charge in [-0.15, -0.1) is 0 Å². The minimum absolute atomic E-state index is 0.0384. The molecule has 0 aromatic carbocycles. The second kappa shape index (κ2) is 12.2. The minimum atomic E-state index is 0.0384. The van der Waals surface area contributed by atoms with Crippen LogP contribution in [-0.2, 0) is 9.53 Å². The number of hydrogen-bond acceptors (Lipinski definition) is 2. The predicted octanol–water partition coefficient (Wildman–Crippen LogP) is 5.78. The Morgan fingerprint density at radius 1 is 0.850 bits per heavy atom. The summed E-state index contributed by atoms with van der Waals surface area (Å²) in [6.45, 7) is 2.26. The highest BCUT2D eigenvalue weighted by Gasteiger charge is 2.18. The number of rotatable bonds is 12. The highest BCUT2D eigenvalue weighted by atomic mass is 16.5. The van der Waals surface area contributed by atoms with Crippen LogP contribution in [0, 0.1) is 0 Å². The number of esters is 1. The van der Waals surface area contributed by atoms with E-state index in [2.05, 4.69) is 6.92 Å². The van der Waals surface area contributed by atoms with Crippen LogP contribution in [-0.4, -0.2) is 12.1 Å². The first-order chi connectivity index (χ1) is 9.83. The average molecular weight is 282 g/mol. The van der Waals surface area contributed by atoms with Gasteiger partial charge in [0.2, 0.25) is 0 Å². The molecule has 0 saturated heterocycles. The van der Waals surface area contributed by atoms with Crippen LogP contribution in [0.15, 0.2) is 0 Å². The van der Waals surface area contributed by atoms with Crippen molar-refractivity contribution in [1.29, 1.82) is 0 Å². The maximum absolute atomic E-state index is 11.6. The third-order valence-electron chi connectivity index (χ3n) is 4.33. The summed E-state index contributed by atoms with van der Waals surface area (Å²) < 4.78 is 5.45. The normalized spacial score (nSPS) is 15.7. The van der Waals surface area contributed by atoms with Crippen molar-refractivity contribution in [3.63, 3.8) is 0 Å². The van der Waals surface area contributed by atoms with E-state index in [1.165, 1.54) is 70.6 Å². The summed E-state index contributed by atoms with van der Waals surface area (Å²) in [5.41, 5.74) is 0. The first kappa shape index (κ1) is 17.5. The van der Waals surface area contributed by atoms with Crippen LogP contribution in [0.1, 0.15) is 103 Å². The van der Waals surface area contributed by atoms with Crippen LogP contribution in [0.3, 0.4) is 0 Å². The van der Waals surface area contributed by atoms with Gasteiger partial charge in [-0.1, -0.05) is 64.7 Å². The fraction of sp³-hybridized carbons (Fsp3) is 0.944. The molecule has 20 heavy (non-hydrogen) atoms. The molecule has 2 heteroatoms. The first-order valence-corrected chi connectivity index (χ1v) is 9.02. The zero-order valence-electron chi connectivity index (χ0n) is 13.5. The van der Waals surface area contributed by atoms with Crippen molar-refractivity contribution in [2.75, 3.05) is 0 Å². The minimum Gasteiger partial charge on any atom is -0.462 e. The largest absolute Gasteiger partial charge is 0.462 e. The molecule has 0 N–H and O–H groups in total. The number of carbonyl (C=O) groups is 1. The van der Waals surface area contributed by atoms with Crippen molar-refractivity contribution in [1.82, 2.24) is 0 Å². The van der Waals surface area contributed by atoms with E-state index in [1.54, 1.807) is 0 Å². The monoisotopic (exact) mass is 282 g/mol. The smallest absolute Gasteiger partial charge is 0.306 e. The molecule has 118 valence electrons. The van der Waals surface area contributed by atoms with Crippen molar-refractivity contribution in [3.8, 4) is 0 Å². The maximum atomic E-state index is 11.6. The van der Waals surface area contributed by atoms with Gasteiger partial charge in [-0.25, -0.2) is 0 Å². The Balaban J connectivity index is 1.78. The fourth-order valence-corrected chi connectivity index (χ4v) is 3.01. The third-order valence-corrected chi connectivity index (χ3v) is 4.33. The lowest BCUT2D eigenvalue weighted by Crippen LogP contribution is -2.14. The molecule has 2 nitrogen and oxygen atoms in total. The van der Waals surface area contributed by atoms with E-state index in [-0.39, 0.29) is 12.1 Å². The molecule has 1 fully saturated rings. The summed E-state index contributed by atoms with van der Waals surface area (Å²) in [6.07, 6.45) is 18.6. The Kier molecular flexibility index (Phi) is 10.7. The molecule has 0 atom stereocenters. The van der Waals surface area contributed by atoms with Crippen LogP contribution in [0.2, 0.25) is 0 Å². The van der Waals surface area contributed by atoms with Gasteiger partial charge >= 0.3 is 5.97 Å². The molecular weight excluding hydrogens is 248 g/mol. The summed E-state index contributed by atoms with van der Waals surface area (Å²) in [5, 5.41) is 0. The standard InChI is InChI=1S/C18H34O2/c1-2-3-4-5-6-7-8-9-10-11-16-18(19)20-17-14-12-13-15-17/h17H,2-16H2,1H3. The molecule has 0 amide bonds.